The molecule has 1 aliphatic rings. The summed E-state index contributed by atoms with van der Waals surface area (Å²) in [7, 11) is 0. The number of likely N-dealkylation sites (N-methyl/N-ethyl adjacent to an activating group) is 1. The summed E-state index contributed by atoms with van der Waals surface area (Å²) in [4.78, 5) is 37.4. The van der Waals surface area contributed by atoms with Crippen molar-refractivity contribution in [3.8, 4) is 0 Å². The Balaban J connectivity index is -0.00000233. The number of carbonyl (C=O) groups is 3. The van der Waals surface area contributed by atoms with Gasteiger partial charge < -0.3 is 34.5 Å². The van der Waals surface area contributed by atoms with E-state index >= 15 is 0 Å². The fraction of sp³-hybridized carbons (Fsp3) is 0.864. The standard InChI is InChI=1S/C20H37N3O7.C2H6.2H2/c1-5-21-20(26)18-12-17(30-16(4)24)13-23(18)19(25)14-29-11-10-28-9-8-27-7-6-22-15(2)3;1-2;;/h15,17-18,22H,5-14H2,1-4H3,(H,21,26);1-2H3;2*1H. The summed E-state index contributed by atoms with van der Waals surface area (Å²) in [5.41, 5.74) is 0. The fourth-order valence-electron chi connectivity index (χ4n) is 3.04. The van der Waals surface area contributed by atoms with Crippen LogP contribution in [0.15, 0.2) is 0 Å². The predicted octanol–water partition coefficient (Wildman–Crippen LogP) is 1.22. The number of nitrogens with one attached hydrogen (secondary N) is 2. The molecule has 1 heterocycles. The number of amides is 2. The molecule has 0 aromatic rings. The van der Waals surface area contributed by atoms with E-state index in [1.807, 2.05) is 13.8 Å². The zero-order valence-corrected chi connectivity index (χ0v) is 20.6. The topological polar surface area (TPSA) is 115 Å². The van der Waals surface area contributed by atoms with Crippen LogP contribution in [0.25, 0.3) is 0 Å². The molecule has 0 bridgehead atoms. The average Bonchev–Trinajstić information content (AvgIpc) is 3.16. The lowest BCUT2D eigenvalue weighted by Crippen LogP contribution is -2.47. The quantitative estimate of drug-likeness (QED) is 0.274. The second-order valence-electron chi connectivity index (χ2n) is 7.31. The maximum atomic E-state index is 12.5. The van der Waals surface area contributed by atoms with Gasteiger partial charge in [-0.2, -0.15) is 0 Å². The summed E-state index contributed by atoms with van der Waals surface area (Å²) in [6.45, 7) is 14.7. The molecule has 0 radical (unpaired) electrons. The smallest absolute Gasteiger partial charge is 0.302 e. The molecule has 10 heteroatoms. The van der Waals surface area contributed by atoms with Crippen LogP contribution in [0.4, 0.5) is 0 Å². The number of ether oxygens (including phenoxy) is 4. The molecule has 2 atom stereocenters. The molecule has 2 amide bonds. The van der Waals surface area contributed by atoms with Gasteiger partial charge in [0.05, 0.1) is 39.6 Å². The van der Waals surface area contributed by atoms with Gasteiger partial charge in [0.2, 0.25) is 11.8 Å². The van der Waals surface area contributed by atoms with Crippen LogP contribution in [-0.2, 0) is 33.3 Å². The van der Waals surface area contributed by atoms with E-state index in [2.05, 4.69) is 24.5 Å². The van der Waals surface area contributed by atoms with Crippen LogP contribution < -0.4 is 10.6 Å². The Morgan fingerprint density at radius 2 is 1.62 bits per heavy atom. The third-order valence-corrected chi connectivity index (χ3v) is 4.34. The van der Waals surface area contributed by atoms with Gasteiger partial charge in [0, 0.05) is 35.3 Å². The van der Waals surface area contributed by atoms with E-state index in [4.69, 9.17) is 18.9 Å². The molecule has 1 aliphatic heterocycles. The van der Waals surface area contributed by atoms with Crippen molar-refractivity contribution in [2.24, 2.45) is 0 Å². The second kappa shape index (κ2) is 18.8. The SMILES string of the molecule is CC.CCNC(=O)C1CC(OC(C)=O)CN1C(=O)COCCOCCOCCNC(C)C.[HH].[HH]. The monoisotopic (exact) mass is 465 g/mol. The number of likely N-dealkylation sites (tertiary alicyclic amines) is 1. The van der Waals surface area contributed by atoms with Gasteiger partial charge in [-0.3, -0.25) is 14.4 Å². The molecule has 0 saturated carbocycles. The number of hydrogen-bond acceptors (Lipinski definition) is 8. The van der Waals surface area contributed by atoms with E-state index in [1.165, 1.54) is 11.8 Å². The summed E-state index contributed by atoms with van der Waals surface area (Å²) < 4.78 is 21.4. The molecule has 2 unspecified atom stereocenters. The minimum absolute atomic E-state index is 0. The van der Waals surface area contributed by atoms with Crippen molar-refractivity contribution in [2.45, 2.75) is 66.2 Å². The highest BCUT2D eigenvalue weighted by molar-refractivity contribution is 5.89. The van der Waals surface area contributed by atoms with Gasteiger partial charge in [-0.05, 0) is 6.92 Å². The van der Waals surface area contributed by atoms with Crippen LogP contribution in [0.3, 0.4) is 0 Å². The fourth-order valence-corrected chi connectivity index (χ4v) is 3.04. The Morgan fingerprint density at radius 3 is 2.19 bits per heavy atom. The van der Waals surface area contributed by atoms with E-state index in [0.717, 1.165) is 6.54 Å². The number of carbonyl (C=O) groups excluding carboxylic acids is 3. The molecule has 0 aliphatic carbocycles. The molecule has 0 aromatic heterocycles. The zero-order chi connectivity index (χ0) is 24.4. The Morgan fingerprint density at radius 1 is 1.03 bits per heavy atom. The van der Waals surface area contributed by atoms with E-state index in [-0.39, 0.29) is 40.8 Å². The zero-order valence-electron chi connectivity index (χ0n) is 20.6. The van der Waals surface area contributed by atoms with Gasteiger partial charge in [-0.25, -0.2) is 0 Å². The molecular formula is C22H47N3O7. The molecule has 0 aromatic carbocycles. The third kappa shape index (κ3) is 13.6. The Bertz CT molecular complexity index is 543. The second-order valence-corrected chi connectivity index (χ2v) is 7.31. The van der Waals surface area contributed by atoms with E-state index in [1.54, 1.807) is 6.92 Å². The van der Waals surface area contributed by atoms with Crippen LogP contribution >= 0.6 is 0 Å². The van der Waals surface area contributed by atoms with Crippen molar-refractivity contribution in [3.05, 3.63) is 0 Å². The first-order valence-corrected chi connectivity index (χ1v) is 11.6. The highest BCUT2D eigenvalue weighted by Gasteiger charge is 2.40. The Hall–Kier alpha value is -1.75. The van der Waals surface area contributed by atoms with Crippen molar-refractivity contribution >= 4 is 17.8 Å². The van der Waals surface area contributed by atoms with E-state index < -0.39 is 18.1 Å². The number of hydrogen-bond donors (Lipinski definition) is 2. The van der Waals surface area contributed by atoms with Crippen molar-refractivity contribution < 1.29 is 36.2 Å². The van der Waals surface area contributed by atoms with Crippen LogP contribution in [0.5, 0.6) is 0 Å². The molecule has 32 heavy (non-hydrogen) atoms. The van der Waals surface area contributed by atoms with Crippen LogP contribution in [0.1, 0.15) is 50.8 Å². The molecule has 1 saturated heterocycles. The Labute approximate surface area is 195 Å². The lowest BCUT2D eigenvalue weighted by Gasteiger charge is -2.23. The molecule has 10 nitrogen and oxygen atoms in total. The van der Waals surface area contributed by atoms with Gasteiger partial charge in [-0.1, -0.05) is 27.7 Å². The average molecular weight is 466 g/mol. The van der Waals surface area contributed by atoms with Crippen LogP contribution in [0, 0.1) is 0 Å². The van der Waals surface area contributed by atoms with Crippen LogP contribution in [-0.4, -0.2) is 100 Å². The van der Waals surface area contributed by atoms with Crippen molar-refractivity contribution in [3.63, 3.8) is 0 Å². The summed E-state index contributed by atoms with van der Waals surface area (Å²) in [6, 6.07) is -0.224. The number of rotatable bonds is 15. The Kier molecular flexibility index (Phi) is 17.8. The largest absolute Gasteiger partial charge is 0.461 e. The molecular weight excluding hydrogens is 418 g/mol. The van der Waals surface area contributed by atoms with Gasteiger partial charge >= 0.3 is 5.97 Å². The number of nitrogens with zero attached hydrogens (tertiary/aromatic N) is 1. The summed E-state index contributed by atoms with van der Waals surface area (Å²) in [6.07, 6.45) is -0.203. The minimum Gasteiger partial charge on any atom is -0.461 e. The van der Waals surface area contributed by atoms with Crippen molar-refractivity contribution in [1.82, 2.24) is 15.5 Å². The summed E-state index contributed by atoms with van der Waals surface area (Å²) in [5, 5.41) is 5.97. The van der Waals surface area contributed by atoms with E-state index in [0.29, 0.717) is 39.0 Å². The first kappa shape index (κ1) is 30.2. The predicted molar refractivity (Wildman–Crippen MR) is 126 cm³/mol. The van der Waals surface area contributed by atoms with E-state index in [9.17, 15) is 14.4 Å². The lowest BCUT2D eigenvalue weighted by atomic mass is 10.2. The summed E-state index contributed by atoms with van der Waals surface area (Å²) >= 11 is 0. The minimum atomic E-state index is -0.663. The first-order chi connectivity index (χ1) is 15.3. The highest BCUT2D eigenvalue weighted by Crippen LogP contribution is 2.21. The normalized spacial score (nSPS) is 17.7. The molecule has 2 N–H and O–H groups in total. The molecule has 0 spiro atoms. The molecule has 1 rings (SSSR count). The van der Waals surface area contributed by atoms with Crippen LogP contribution in [0.2, 0.25) is 0 Å². The van der Waals surface area contributed by atoms with Crippen molar-refractivity contribution in [1.29, 1.82) is 0 Å². The molecule has 192 valence electrons. The lowest BCUT2D eigenvalue weighted by molar-refractivity contribution is -0.147. The summed E-state index contributed by atoms with van der Waals surface area (Å²) in [5.74, 6) is -1.01. The number of esters is 1. The van der Waals surface area contributed by atoms with Gasteiger partial charge in [0.1, 0.15) is 18.8 Å². The van der Waals surface area contributed by atoms with Gasteiger partial charge in [0.15, 0.2) is 0 Å². The highest BCUT2D eigenvalue weighted by atomic mass is 16.5. The molecule has 1 fully saturated rings. The maximum absolute atomic E-state index is 12.5. The van der Waals surface area contributed by atoms with Crippen molar-refractivity contribution in [2.75, 3.05) is 59.3 Å². The van der Waals surface area contributed by atoms with Gasteiger partial charge in [0.25, 0.3) is 0 Å². The van der Waals surface area contributed by atoms with Gasteiger partial charge in [-0.15, -0.1) is 0 Å². The third-order valence-electron chi connectivity index (χ3n) is 4.34. The first-order valence-electron chi connectivity index (χ1n) is 11.6. The maximum Gasteiger partial charge on any atom is 0.302 e.